The normalized spacial score (nSPS) is 14.6. The topological polar surface area (TPSA) is 64.5 Å². The zero-order valence-corrected chi connectivity index (χ0v) is 19.0. The quantitative estimate of drug-likeness (QED) is 0.463. The van der Waals surface area contributed by atoms with E-state index >= 15 is 0 Å². The second-order valence-electron chi connectivity index (χ2n) is 8.04. The molecule has 1 aliphatic rings. The molecule has 0 saturated carbocycles. The van der Waals surface area contributed by atoms with Crippen molar-refractivity contribution in [2.45, 2.75) is 39.4 Å². The Balaban J connectivity index is 1.31. The van der Waals surface area contributed by atoms with Crippen LogP contribution in [0.5, 0.6) is 5.75 Å². The van der Waals surface area contributed by atoms with Gasteiger partial charge in [0.15, 0.2) is 16.6 Å². The monoisotopic (exact) mass is 455 g/mol. The number of hydrogen-bond donors (Lipinski definition) is 0. The minimum Gasteiger partial charge on any atom is -0.487 e. The van der Waals surface area contributed by atoms with Crippen molar-refractivity contribution < 1.29 is 18.7 Å². The largest absolute Gasteiger partial charge is 0.487 e. The predicted octanol–water partition coefficient (Wildman–Crippen LogP) is 5.09. The molecule has 8 heteroatoms. The molecule has 0 aliphatic carbocycles. The van der Waals surface area contributed by atoms with Crippen LogP contribution in [-0.2, 0) is 16.1 Å². The predicted molar refractivity (Wildman–Crippen MR) is 122 cm³/mol. The van der Waals surface area contributed by atoms with Crippen molar-refractivity contribution in [3.05, 3.63) is 59.4 Å². The Morgan fingerprint density at radius 1 is 1.12 bits per heavy atom. The van der Waals surface area contributed by atoms with Gasteiger partial charge in [-0.1, -0.05) is 37.3 Å². The fourth-order valence-corrected chi connectivity index (χ4v) is 4.25. The summed E-state index contributed by atoms with van der Waals surface area (Å²) in [5.41, 5.74) is 2.11. The van der Waals surface area contributed by atoms with Gasteiger partial charge in [0, 0.05) is 37.2 Å². The maximum absolute atomic E-state index is 13.8. The van der Waals surface area contributed by atoms with Gasteiger partial charge in [0.05, 0.1) is 5.92 Å². The van der Waals surface area contributed by atoms with E-state index in [1.807, 2.05) is 12.1 Å². The SMILES string of the molecule is CC(C)C(=O)OCc1nnc(-c2ccc(N3CCC(Oc4ccccc4F)CC3)cc2)s1. The van der Waals surface area contributed by atoms with Crippen molar-refractivity contribution in [3.63, 3.8) is 0 Å². The number of aromatic nitrogens is 2. The van der Waals surface area contributed by atoms with Crippen LogP contribution in [0.25, 0.3) is 10.6 Å². The van der Waals surface area contributed by atoms with Crippen molar-refractivity contribution in [3.8, 4) is 16.3 Å². The molecule has 0 atom stereocenters. The number of hydrogen-bond acceptors (Lipinski definition) is 7. The second kappa shape index (κ2) is 10.1. The fraction of sp³-hybridized carbons (Fsp3) is 0.375. The van der Waals surface area contributed by atoms with Crippen molar-refractivity contribution >= 4 is 23.0 Å². The highest BCUT2D eigenvalue weighted by Crippen LogP contribution is 2.29. The van der Waals surface area contributed by atoms with Gasteiger partial charge < -0.3 is 14.4 Å². The summed E-state index contributed by atoms with van der Waals surface area (Å²) in [6, 6.07) is 14.8. The molecule has 0 amide bonds. The number of rotatable bonds is 7. The molecule has 6 nitrogen and oxygen atoms in total. The minimum atomic E-state index is -0.316. The van der Waals surface area contributed by atoms with E-state index in [4.69, 9.17) is 9.47 Å². The van der Waals surface area contributed by atoms with Gasteiger partial charge in [-0.3, -0.25) is 4.79 Å². The first kappa shape index (κ1) is 22.2. The maximum Gasteiger partial charge on any atom is 0.308 e. The molecular formula is C24H26FN3O3S. The summed E-state index contributed by atoms with van der Waals surface area (Å²) >= 11 is 1.42. The molecule has 0 radical (unpaired) electrons. The zero-order valence-electron chi connectivity index (χ0n) is 18.2. The van der Waals surface area contributed by atoms with Crippen molar-refractivity contribution in [2.24, 2.45) is 5.92 Å². The van der Waals surface area contributed by atoms with E-state index in [2.05, 4.69) is 27.2 Å². The van der Waals surface area contributed by atoms with Crippen LogP contribution in [0, 0.1) is 11.7 Å². The first-order valence-electron chi connectivity index (χ1n) is 10.7. The van der Waals surface area contributed by atoms with Crippen LogP contribution in [0.2, 0.25) is 0 Å². The molecule has 0 unspecified atom stereocenters. The molecule has 168 valence electrons. The van der Waals surface area contributed by atoms with Gasteiger partial charge in [0.2, 0.25) is 0 Å². The maximum atomic E-state index is 13.8. The van der Waals surface area contributed by atoms with Crippen LogP contribution >= 0.6 is 11.3 Å². The lowest BCUT2D eigenvalue weighted by Gasteiger charge is -2.33. The number of esters is 1. The number of carbonyl (C=O) groups excluding carboxylic acids is 1. The third-order valence-electron chi connectivity index (χ3n) is 5.33. The number of carbonyl (C=O) groups is 1. The molecule has 3 aromatic rings. The van der Waals surface area contributed by atoms with Crippen LogP contribution in [-0.4, -0.2) is 35.4 Å². The van der Waals surface area contributed by atoms with Crippen LogP contribution in [0.3, 0.4) is 0 Å². The summed E-state index contributed by atoms with van der Waals surface area (Å²) in [4.78, 5) is 13.9. The summed E-state index contributed by atoms with van der Waals surface area (Å²) in [5.74, 6) is -0.394. The van der Waals surface area contributed by atoms with Crippen molar-refractivity contribution in [1.29, 1.82) is 0 Å². The highest BCUT2D eigenvalue weighted by Gasteiger charge is 2.22. The van der Waals surface area contributed by atoms with Gasteiger partial charge in [-0.25, -0.2) is 4.39 Å². The van der Waals surface area contributed by atoms with Crippen LogP contribution in [0.1, 0.15) is 31.7 Å². The summed E-state index contributed by atoms with van der Waals surface area (Å²) in [7, 11) is 0. The van der Waals surface area contributed by atoms with Gasteiger partial charge in [-0.15, -0.1) is 10.2 Å². The molecule has 32 heavy (non-hydrogen) atoms. The number of anilines is 1. The van der Waals surface area contributed by atoms with Crippen molar-refractivity contribution in [1.82, 2.24) is 10.2 Å². The molecule has 0 spiro atoms. The highest BCUT2D eigenvalue weighted by molar-refractivity contribution is 7.14. The van der Waals surface area contributed by atoms with Crippen LogP contribution in [0.15, 0.2) is 48.5 Å². The molecule has 2 heterocycles. The number of halogens is 1. The summed E-state index contributed by atoms with van der Waals surface area (Å²) in [6.07, 6.45) is 1.70. The molecule has 0 bridgehead atoms. The van der Waals surface area contributed by atoms with E-state index in [9.17, 15) is 9.18 Å². The standard InChI is InChI=1S/C24H26FN3O3S/c1-16(2)24(29)30-15-22-26-27-23(32-22)17-7-9-18(10-8-17)28-13-11-19(12-14-28)31-21-6-4-3-5-20(21)25/h3-10,16,19H,11-15H2,1-2H3. The Morgan fingerprint density at radius 3 is 2.53 bits per heavy atom. The number of piperidine rings is 1. The van der Waals surface area contributed by atoms with Crippen LogP contribution < -0.4 is 9.64 Å². The lowest BCUT2D eigenvalue weighted by molar-refractivity contribution is -0.148. The second-order valence-corrected chi connectivity index (χ2v) is 9.11. The van der Waals surface area contributed by atoms with E-state index in [1.54, 1.807) is 32.0 Å². The average Bonchev–Trinajstić information content (AvgIpc) is 3.29. The van der Waals surface area contributed by atoms with E-state index in [0.717, 1.165) is 42.2 Å². The number of benzene rings is 2. The molecule has 1 fully saturated rings. The summed E-state index contributed by atoms with van der Waals surface area (Å²) in [6.45, 7) is 5.45. The Hall–Kier alpha value is -3.00. The van der Waals surface area contributed by atoms with E-state index in [0.29, 0.717) is 10.8 Å². The lowest BCUT2D eigenvalue weighted by atomic mass is 10.1. The number of nitrogens with zero attached hydrogens (tertiary/aromatic N) is 3. The first-order valence-corrected chi connectivity index (χ1v) is 11.6. The molecule has 1 saturated heterocycles. The van der Waals surface area contributed by atoms with Gasteiger partial charge >= 0.3 is 5.97 Å². The third-order valence-corrected chi connectivity index (χ3v) is 6.27. The Bertz CT molecular complexity index is 1050. The number of para-hydroxylation sites is 1. The fourth-order valence-electron chi connectivity index (χ4n) is 3.49. The average molecular weight is 456 g/mol. The number of ether oxygens (including phenoxy) is 2. The Kier molecular flexibility index (Phi) is 6.99. The summed E-state index contributed by atoms with van der Waals surface area (Å²) in [5, 5.41) is 9.82. The Labute approximate surface area is 191 Å². The molecule has 1 aliphatic heterocycles. The molecule has 2 aromatic carbocycles. The van der Waals surface area contributed by atoms with Gasteiger partial charge in [0.25, 0.3) is 0 Å². The molecule has 4 rings (SSSR count). The Morgan fingerprint density at radius 2 is 1.84 bits per heavy atom. The van der Waals surface area contributed by atoms with Gasteiger partial charge in [-0.05, 0) is 36.4 Å². The molecular weight excluding hydrogens is 429 g/mol. The molecule has 0 N–H and O–H groups in total. The minimum absolute atomic E-state index is 0.0204. The van der Waals surface area contributed by atoms with Gasteiger partial charge in [-0.2, -0.15) is 0 Å². The van der Waals surface area contributed by atoms with Gasteiger partial charge in [0.1, 0.15) is 17.7 Å². The molecule has 1 aromatic heterocycles. The highest BCUT2D eigenvalue weighted by atomic mass is 32.1. The van der Waals surface area contributed by atoms with Crippen LogP contribution in [0.4, 0.5) is 10.1 Å². The third kappa shape index (κ3) is 5.43. The smallest absolute Gasteiger partial charge is 0.308 e. The first-order chi connectivity index (χ1) is 15.5. The zero-order chi connectivity index (χ0) is 22.5. The van der Waals surface area contributed by atoms with E-state index < -0.39 is 0 Å². The van der Waals surface area contributed by atoms with E-state index in [-0.39, 0.29) is 30.4 Å². The summed E-state index contributed by atoms with van der Waals surface area (Å²) < 4.78 is 24.9. The van der Waals surface area contributed by atoms with Crippen molar-refractivity contribution in [2.75, 3.05) is 18.0 Å². The van der Waals surface area contributed by atoms with E-state index in [1.165, 1.54) is 17.4 Å². The lowest BCUT2D eigenvalue weighted by Crippen LogP contribution is -2.38.